The molecule has 1 saturated heterocycles. The topological polar surface area (TPSA) is 104 Å². The number of aliphatic carboxylic acids is 1. The Balaban J connectivity index is 2.02. The van der Waals surface area contributed by atoms with Crippen LogP contribution in [-0.4, -0.2) is 48.8 Å². The smallest absolute Gasteiger partial charge is 0.326 e. The molecule has 2 N–H and O–H groups in total. The van der Waals surface area contributed by atoms with Crippen molar-refractivity contribution >= 4 is 21.9 Å². The van der Waals surface area contributed by atoms with Gasteiger partial charge in [-0.1, -0.05) is 26.0 Å². The molecular formula is C17H23FN2O5S. The van der Waals surface area contributed by atoms with Crippen molar-refractivity contribution in [1.29, 1.82) is 0 Å². The van der Waals surface area contributed by atoms with E-state index in [1.54, 1.807) is 13.8 Å². The van der Waals surface area contributed by atoms with Crippen LogP contribution in [0.4, 0.5) is 4.39 Å². The molecule has 0 bridgehead atoms. The number of hydrogen-bond acceptors (Lipinski definition) is 4. The van der Waals surface area contributed by atoms with Crippen molar-refractivity contribution in [2.24, 2.45) is 11.8 Å². The molecule has 2 rings (SSSR count). The Morgan fingerprint density at radius 2 is 1.81 bits per heavy atom. The van der Waals surface area contributed by atoms with E-state index in [9.17, 15) is 22.4 Å². The van der Waals surface area contributed by atoms with Crippen LogP contribution in [0.25, 0.3) is 0 Å². The Labute approximate surface area is 152 Å². The first-order valence-corrected chi connectivity index (χ1v) is 9.86. The summed E-state index contributed by atoms with van der Waals surface area (Å²) in [7, 11) is -3.96. The fourth-order valence-electron chi connectivity index (χ4n) is 2.94. The van der Waals surface area contributed by atoms with Crippen molar-refractivity contribution in [3.63, 3.8) is 0 Å². The lowest BCUT2D eigenvalue weighted by molar-refractivity contribution is -0.144. The van der Waals surface area contributed by atoms with Gasteiger partial charge in [-0.15, -0.1) is 0 Å². The highest BCUT2D eigenvalue weighted by molar-refractivity contribution is 7.89. The van der Waals surface area contributed by atoms with E-state index in [2.05, 4.69) is 5.32 Å². The van der Waals surface area contributed by atoms with E-state index < -0.39 is 39.7 Å². The van der Waals surface area contributed by atoms with Crippen molar-refractivity contribution in [2.75, 3.05) is 13.1 Å². The van der Waals surface area contributed by atoms with Gasteiger partial charge in [0, 0.05) is 19.0 Å². The zero-order valence-electron chi connectivity index (χ0n) is 14.7. The van der Waals surface area contributed by atoms with Crippen molar-refractivity contribution in [2.45, 2.75) is 37.6 Å². The lowest BCUT2D eigenvalue weighted by Gasteiger charge is -2.31. The van der Waals surface area contributed by atoms with Crippen LogP contribution in [0.3, 0.4) is 0 Å². The number of carbonyl (C=O) groups excluding carboxylic acids is 1. The second-order valence-electron chi connectivity index (χ2n) is 6.68. The summed E-state index contributed by atoms with van der Waals surface area (Å²) in [6.45, 7) is 3.55. The number of carbonyl (C=O) groups is 2. The number of carboxylic acid groups (broad SMARTS) is 1. The van der Waals surface area contributed by atoms with Crippen LogP contribution < -0.4 is 5.32 Å². The van der Waals surface area contributed by atoms with Gasteiger partial charge < -0.3 is 10.4 Å². The standard InChI is InChI=1S/C17H23FN2O5S/c1-11(2)15(17(22)23)19-16(21)12-7-9-20(10-8-12)26(24,25)14-6-4-3-5-13(14)18/h3-6,11-12,15H,7-10H2,1-2H3,(H,19,21)(H,22,23)/t15-/m1/s1. The average Bonchev–Trinajstić information content (AvgIpc) is 2.59. The summed E-state index contributed by atoms with van der Waals surface area (Å²) in [4.78, 5) is 23.1. The first-order chi connectivity index (χ1) is 12.1. The Bertz CT molecular complexity index is 773. The van der Waals surface area contributed by atoms with Crippen LogP contribution >= 0.6 is 0 Å². The van der Waals surface area contributed by atoms with Crippen LogP contribution in [0.2, 0.25) is 0 Å². The summed E-state index contributed by atoms with van der Waals surface area (Å²) in [5.41, 5.74) is 0. The molecule has 1 heterocycles. The molecule has 9 heteroatoms. The number of hydrogen-bond donors (Lipinski definition) is 2. The normalized spacial score (nSPS) is 17.8. The summed E-state index contributed by atoms with van der Waals surface area (Å²) >= 11 is 0. The van der Waals surface area contributed by atoms with Crippen LogP contribution in [0.15, 0.2) is 29.2 Å². The van der Waals surface area contributed by atoms with Gasteiger partial charge in [-0.05, 0) is 30.9 Å². The maximum absolute atomic E-state index is 13.8. The Hall–Kier alpha value is -2.00. The Kier molecular flexibility index (Phi) is 6.35. The van der Waals surface area contributed by atoms with Crippen LogP contribution in [-0.2, 0) is 19.6 Å². The van der Waals surface area contributed by atoms with E-state index in [0.717, 1.165) is 10.4 Å². The molecule has 1 fully saturated rings. The van der Waals surface area contributed by atoms with Crippen molar-refractivity contribution < 1.29 is 27.5 Å². The minimum Gasteiger partial charge on any atom is -0.480 e. The number of nitrogens with zero attached hydrogens (tertiary/aromatic N) is 1. The molecule has 144 valence electrons. The Morgan fingerprint density at radius 1 is 1.23 bits per heavy atom. The molecule has 0 radical (unpaired) electrons. The lowest BCUT2D eigenvalue weighted by atomic mass is 9.95. The molecule has 1 aliphatic heterocycles. The number of carboxylic acids is 1. The molecule has 0 aromatic heterocycles. The third-order valence-corrected chi connectivity index (χ3v) is 6.44. The van der Waals surface area contributed by atoms with Gasteiger partial charge in [-0.3, -0.25) is 4.79 Å². The van der Waals surface area contributed by atoms with E-state index in [4.69, 9.17) is 5.11 Å². The minimum atomic E-state index is -3.96. The highest BCUT2D eigenvalue weighted by atomic mass is 32.2. The number of rotatable bonds is 6. The third kappa shape index (κ3) is 4.39. The molecule has 0 spiro atoms. The first-order valence-electron chi connectivity index (χ1n) is 8.42. The van der Waals surface area contributed by atoms with E-state index in [0.29, 0.717) is 0 Å². The summed E-state index contributed by atoms with van der Waals surface area (Å²) in [6, 6.07) is 4.18. The molecule has 1 amide bonds. The summed E-state index contributed by atoms with van der Waals surface area (Å²) < 4.78 is 40.1. The molecule has 26 heavy (non-hydrogen) atoms. The van der Waals surface area contributed by atoms with Crippen LogP contribution in [0.5, 0.6) is 0 Å². The maximum atomic E-state index is 13.8. The van der Waals surface area contributed by atoms with Crippen molar-refractivity contribution in [1.82, 2.24) is 9.62 Å². The van der Waals surface area contributed by atoms with Gasteiger partial charge in [0.25, 0.3) is 0 Å². The Morgan fingerprint density at radius 3 is 2.31 bits per heavy atom. The summed E-state index contributed by atoms with van der Waals surface area (Å²) in [5, 5.41) is 11.7. The largest absolute Gasteiger partial charge is 0.480 e. The number of piperidine rings is 1. The molecule has 1 aliphatic rings. The van der Waals surface area contributed by atoms with E-state index in [1.807, 2.05) is 0 Å². The SMILES string of the molecule is CC(C)[C@@H](NC(=O)C1CCN(S(=O)(=O)c2ccccc2F)CC1)C(=O)O. The zero-order chi connectivity index (χ0) is 19.5. The number of sulfonamides is 1. The highest BCUT2D eigenvalue weighted by Gasteiger charge is 2.34. The number of halogens is 1. The highest BCUT2D eigenvalue weighted by Crippen LogP contribution is 2.25. The summed E-state index contributed by atoms with van der Waals surface area (Å²) in [5.74, 6) is -3.05. The molecule has 0 unspecified atom stereocenters. The van der Waals surface area contributed by atoms with Crippen molar-refractivity contribution in [3.05, 3.63) is 30.1 Å². The first kappa shape index (κ1) is 20.3. The average molecular weight is 386 g/mol. The molecule has 1 aromatic carbocycles. The fourth-order valence-corrected chi connectivity index (χ4v) is 4.47. The second-order valence-corrected chi connectivity index (χ2v) is 8.58. The fraction of sp³-hybridized carbons (Fsp3) is 0.529. The predicted octanol–water partition coefficient (Wildman–Crippen LogP) is 1.45. The van der Waals surface area contributed by atoms with E-state index >= 15 is 0 Å². The van der Waals surface area contributed by atoms with Gasteiger partial charge in [0.15, 0.2) is 0 Å². The van der Waals surface area contributed by atoms with Crippen LogP contribution in [0, 0.1) is 17.7 Å². The maximum Gasteiger partial charge on any atom is 0.326 e. The van der Waals surface area contributed by atoms with Gasteiger partial charge in [0.2, 0.25) is 15.9 Å². The third-order valence-electron chi connectivity index (χ3n) is 4.51. The number of benzene rings is 1. The molecule has 1 atom stereocenters. The van der Waals surface area contributed by atoms with Gasteiger partial charge in [-0.25, -0.2) is 17.6 Å². The van der Waals surface area contributed by atoms with Crippen LogP contribution in [0.1, 0.15) is 26.7 Å². The van der Waals surface area contributed by atoms with Gasteiger partial charge in [-0.2, -0.15) is 4.31 Å². The lowest BCUT2D eigenvalue weighted by Crippen LogP contribution is -2.49. The molecule has 1 aromatic rings. The minimum absolute atomic E-state index is 0.0776. The quantitative estimate of drug-likeness (QED) is 0.770. The monoisotopic (exact) mass is 386 g/mol. The zero-order valence-corrected chi connectivity index (χ0v) is 15.5. The van der Waals surface area contributed by atoms with E-state index in [1.165, 1.54) is 18.2 Å². The number of amides is 1. The molecule has 7 nitrogen and oxygen atoms in total. The molecule has 0 aliphatic carbocycles. The molecular weight excluding hydrogens is 363 g/mol. The molecule has 0 saturated carbocycles. The van der Waals surface area contributed by atoms with Gasteiger partial charge in [0.05, 0.1) is 0 Å². The van der Waals surface area contributed by atoms with E-state index in [-0.39, 0.29) is 36.7 Å². The predicted molar refractivity (Wildman–Crippen MR) is 92.3 cm³/mol. The summed E-state index contributed by atoms with van der Waals surface area (Å²) in [6.07, 6.45) is 0.508. The van der Waals surface area contributed by atoms with Crippen molar-refractivity contribution in [3.8, 4) is 0 Å². The number of nitrogens with one attached hydrogen (secondary N) is 1. The van der Waals surface area contributed by atoms with Gasteiger partial charge >= 0.3 is 5.97 Å². The van der Waals surface area contributed by atoms with Gasteiger partial charge in [0.1, 0.15) is 16.8 Å². The second kappa shape index (κ2) is 8.13.